The molecule has 9 heteroatoms. The van der Waals surface area contributed by atoms with E-state index in [0.717, 1.165) is 26.6 Å². The second-order valence-electron chi connectivity index (χ2n) is 10.9. The van der Waals surface area contributed by atoms with E-state index in [1.54, 1.807) is 36.4 Å². The van der Waals surface area contributed by atoms with Crippen molar-refractivity contribution in [3.05, 3.63) is 125 Å². The van der Waals surface area contributed by atoms with E-state index in [9.17, 15) is 18.0 Å². The molecule has 0 fully saturated rings. The van der Waals surface area contributed by atoms with E-state index in [2.05, 4.69) is 5.32 Å². The maximum atomic E-state index is 14.5. The number of carbonyl (C=O) groups excluding carboxylic acids is 2. The van der Waals surface area contributed by atoms with Crippen molar-refractivity contribution in [2.75, 3.05) is 24.0 Å². The van der Waals surface area contributed by atoms with Gasteiger partial charge in [0.1, 0.15) is 18.3 Å². The van der Waals surface area contributed by atoms with Gasteiger partial charge in [-0.3, -0.25) is 13.9 Å². The van der Waals surface area contributed by atoms with Gasteiger partial charge in [0, 0.05) is 19.5 Å². The number of nitrogens with zero attached hydrogens (tertiary/aromatic N) is 2. The lowest BCUT2D eigenvalue weighted by Crippen LogP contribution is -2.53. The number of benzene rings is 4. The second-order valence-corrected chi connectivity index (χ2v) is 12.7. The number of hydrogen-bond donors (Lipinski definition) is 1. The first-order valence-corrected chi connectivity index (χ1v) is 16.5. The number of likely N-dealkylation sites (N-methyl/N-ethyl adjacent to an activating group) is 1. The zero-order valence-corrected chi connectivity index (χ0v) is 27.1. The molecule has 0 heterocycles. The maximum absolute atomic E-state index is 14.5. The van der Waals surface area contributed by atoms with Crippen molar-refractivity contribution in [1.29, 1.82) is 0 Å². The summed E-state index contributed by atoms with van der Waals surface area (Å²) in [5.74, 6) is -0.262. The Labute approximate surface area is 266 Å². The van der Waals surface area contributed by atoms with Crippen LogP contribution in [0.3, 0.4) is 0 Å². The van der Waals surface area contributed by atoms with Crippen molar-refractivity contribution in [2.45, 2.75) is 51.6 Å². The number of aryl methyl sites for hydroxylation is 2. The SMILES string of the molecule is CCNC(=O)C(Cc1ccccc1)N(Cc1cccc(C)c1)C(=O)CN(c1ccc(C)cc1)S(=O)(=O)c1ccc(OCC)cc1. The lowest BCUT2D eigenvalue weighted by atomic mass is 10.0. The van der Waals surface area contributed by atoms with E-state index in [-0.39, 0.29) is 23.8 Å². The Morgan fingerprint density at radius 2 is 1.47 bits per heavy atom. The second kappa shape index (κ2) is 15.4. The summed E-state index contributed by atoms with van der Waals surface area (Å²) in [7, 11) is -4.19. The van der Waals surface area contributed by atoms with Gasteiger partial charge in [-0.1, -0.05) is 77.9 Å². The zero-order valence-electron chi connectivity index (χ0n) is 26.3. The fourth-order valence-corrected chi connectivity index (χ4v) is 6.51. The van der Waals surface area contributed by atoms with E-state index < -0.39 is 28.5 Å². The van der Waals surface area contributed by atoms with Crippen LogP contribution in [-0.4, -0.2) is 50.9 Å². The molecular formula is C36H41N3O5S. The van der Waals surface area contributed by atoms with Crippen LogP contribution in [0, 0.1) is 13.8 Å². The number of sulfonamides is 1. The molecule has 2 amide bonds. The minimum Gasteiger partial charge on any atom is -0.494 e. The molecule has 0 spiro atoms. The highest BCUT2D eigenvalue weighted by molar-refractivity contribution is 7.92. The van der Waals surface area contributed by atoms with Gasteiger partial charge >= 0.3 is 0 Å². The molecule has 0 bridgehead atoms. The van der Waals surface area contributed by atoms with Crippen LogP contribution in [0.4, 0.5) is 5.69 Å². The molecule has 0 saturated carbocycles. The third kappa shape index (κ3) is 8.73. The quantitative estimate of drug-likeness (QED) is 0.194. The lowest BCUT2D eigenvalue weighted by molar-refractivity contribution is -0.140. The highest BCUT2D eigenvalue weighted by atomic mass is 32.2. The fraction of sp³-hybridized carbons (Fsp3) is 0.278. The molecule has 1 N–H and O–H groups in total. The highest BCUT2D eigenvalue weighted by Crippen LogP contribution is 2.27. The first-order valence-electron chi connectivity index (χ1n) is 15.1. The molecule has 0 radical (unpaired) electrons. The smallest absolute Gasteiger partial charge is 0.264 e. The Hall–Kier alpha value is -4.63. The van der Waals surface area contributed by atoms with Crippen LogP contribution in [0.25, 0.3) is 0 Å². The molecule has 1 unspecified atom stereocenters. The lowest BCUT2D eigenvalue weighted by Gasteiger charge is -2.34. The maximum Gasteiger partial charge on any atom is 0.264 e. The number of rotatable bonds is 14. The third-order valence-electron chi connectivity index (χ3n) is 7.38. The standard InChI is InChI=1S/C36H41N3O5S/c1-5-37-36(41)34(24-29-12-8-7-9-13-29)38(25-30-14-10-11-28(4)23-30)35(40)26-39(31-17-15-27(3)16-18-31)45(42,43)33-21-19-32(20-22-33)44-6-2/h7-23,34H,5-6,24-26H2,1-4H3,(H,37,41). The number of ether oxygens (including phenoxy) is 1. The molecule has 0 aromatic heterocycles. The summed E-state index contributed by atoms with van der Waals surface area (Å²) >= 11 is 0. The Morgan fingerprint density at radius 1 is 0.800 bits per heavy atom. The van der Waals surface area contributed by atoms with E-state index in [1.807, 2.05) is 82.3 Å². The van der Waals surface area contributed by atoms with Crippen molar-refractivity contribution < 1.29 is 22.7 Å². The molecular weight excluding hydrogens is 586 g/mol. The van der Waals surface area contributed by atoms with E-state index >= 15 is 0 Å². The Bertz CT molecular complexity index is 1670. The monoisotopic (exact) mass is 627 g/mol. The van der Waals surface area contributed by atoms with Gasteiger partial charge in [-0.2, -0.15) is 0 Å². The highest BCUT2D eigenvalue weighted by Gasteiger charge is 2.34. The van der Waals surface area contributed by atoms with E-state index in [0.29, 0.717) is 24.6 Å². The molecule has 0 aliphatic rings. The average molecular weight is 628 g/mol. The van der Waals surface area contributed by atoms with Crippen LogP contribution in [0.5, 0.6) is 5.75 Å². The van der Waals surface area contributed by atoms with Gasteiger partial charge in [0.15, 0.2) is 0 Å². The van der Waals surface area contributed by atoms with E-state index in [4.69, 9.17) is 4.74 Å². The van der Waals surface area contributed by atoms with Crippen molar-refractivity contribution in [1.82, 2.24) is 10.2 Å². The van der Waals surface area contributed by atoms with E-state index in [1.165, 1.54) is 17.0 Å². The predicted molar refractivity (Wildman–Crippen MR) is 178 cm³/mol. The predicted octanol–water partition coefficient (Wildman–Crippen LogP) is 5.67. The Morgan fingerprint density at radius 3 is 2.09 bits per heavy atom. The largest absolute Gasteiger partial charge is 0.494 e. The van der Waals surface area contributed by atoms with Crippen LogP contribution in [0.1, 0.15) is 36.1 Å². The average Bonchev–Trinajstić information content (AvgIpc) is 3.03. The zero-order chi connectivity index (χ0) is 32.4. The number of amides is 2. The minimum absolute atomic E-state index is 0.0223. The first-order chi connectivity index (χ1) is 21.6. The normalized spacial score (nSPS) is 11.8. The molecule has 0 saturated heterocycles. The van der Waals surface area contributed by atoms with Gasteiger partial charge < -0.3 is 15.0 Å². The van der Waals surface area contributed by atoms with Crippen LogP contribution < -0.4 is 14.4 Å². The first kappa shape index (κ1) is 33.3. The molecule has 4 rings (SSSR count). The molecule has 4 aromatic rings. The Kier molecular flexibility index (Phi) is 11.4. The van der Waals surface area contributed by atoms with Gasteiger partial charge in [-0.15, -0.1) is 0 Å². The minimum atomic E-state index is -4.19. The molecule has 45 heavy (non-hydrogen) atoms. The summed E-state index contributed by atoms with van der Waals surface area (Å²) in [6.45, 7) is 8.00. The van der Waals surface area contributed by atoms with Crippen molar-refractivity contribution in [3.8, 4) is 5.75 Å². The molecule has 1 atom stereocenters. The topological polar surface area (TPSA) is 96.0 Å². The molecule has 8 nitrogen and oxygen atoms in total. The van der Waals surface area contributed by atoms with Gasteiger partial charge in [-0.05, 0) is 75.2 Å². The van der Waals surface area contributed by atoms with Gasteiger partial charge in [-0.25, -0.2) is 8.42 Å². The van der Waals surface area contributed by atoms with Crippen molar-refractivity contribution in [2.24, 2.45) is 0 Å². The van der Waals surface area contributed by atoms with Crippen molar-refractivity contribution in [3.63, 3.8) is 0 Å². The van der Waals surface area contributed by atoms with Crippen LogP contribution in [-0.2, 0) is 32.6 Å². The summed E-state index contributed by atoms with van der Waals surface area (Å²) < 4.78 is 35.0. The van der Waals surface area contributed by atoms with Crippen LogP contribution >= 0.6 is 0 Å². The van der Waals surface area contributed by atoms with Gasteiger partial charge in [0.25, 0.3) is 10.0 Å². The van der Waals surface area contributed by atoms with Crippen LogP contribution in [0.2, 0.25) is 0 Å². The fourth-order valence-electron chi connectivity index (χ4n) is 5.09. The summed E-state index contributed by atoms with van der Waals surface area (Å²) in [6.07, 6.45) is 0.264. The van der Waals surface area contributed by atoms with Crippen LogP contribution in [0.15, 0.2) is 108 Å². The number of carbonyl (C=O) groups is 2. The summed E-state index contributed by atoms with van der Waals surface area (Å²) in [5.41, 5.74) is 4.02. The van der Waals surface area contributed by atoms with Crippen molar-refractivity contribution >= 4 is 27.5 Å². The Balaban J connectivity index is 1.78. The number of hydrogen-bond acceptors (Lipinski definition) is 5. The summed E-state index contributed by atoms with van der Waals surface area (Å²) in [4.78, 5) is 29.6. The number of nitrogens with one attached hydrogen (secondary N) is 1. The third-order valence-corrected chi connectivity index (χ3v) is 9.17. The molecule has 4 aromatic carbocycles. The number of anilines is 1. The summed E-state index contributed by atoms with van der Waals surface area (Å²) in [6, 6.07) is 29.5. The molecule has 0 aliphatic heterocycles. The van der Waals surface area contributed by atoms with Gasteiger partial charge in [0.05, 0.1) is 17.2 Å². The van der Waals surface area contributed by atoms with Gasteiger partial charge in [0.2, 0.25) is 11.8 Å². The molecule has 236 valence electrons. The molecule has 0 aliphatic carbocycles. The summed E-state index contributed by atoms with van der Waals surface area (Å²) in [5, 5.41) is 2.88.